The molecule has 7 aromatic carbocycles. The Kier molecular flexibility index (Phi) is 5.96. The molecule has 226 valence electrons. The van der Waals surface area contributed by atoms with E-state index in [9.17, 15) is 0 Å². The van der Waals surface area contributed by atoms with Gasteiger partial charge in [0.2, 0.25) is 0 Å². The second-order valence-corrected chi connectivity index (χ2v) is 14.2. The van der Waals surface area contributed by atoms with Gasteiger partial charge in [-0.1, -0.05) is 149 Å². The average Bonchev–Trinajstić information content (AvgIpc) is 3.49. The second-order valence-electron chi connectivity index (χ2n) is 14.2. The highest BCUT2D eigenvalue weighted by Crippen LogP contribution is 2.55. The molecule has 0 amide bonds. The molecule has 1 heteroatoms. The van der Waals surface area contributed by atoms with Crippen molar-refractivity contribution in [1.29, 1.82) is 0 Å². The molecule has 0 saturated carbocycles. The minimum absolute atomic E-state index is 0.0106. The normalized spacial score (nSPS) is 14.7. The first kappa shape index (κ1) is 27.9. The van der Waals surface area contributed by atoms with Crippen molar-refractivity contribution in [2.75, 3.05) is 4.90 Å². The van der Waals surface area contributed by atoms with Crippen molar-refractivity contribution >= 4 is 27.8 Å². The summed E-state index contributed by atoms with van der Waals surface area (Å²) in [4.78, 5) is 2.49. The molecule has 0 heterocycles. The molecule has 0 radical (unpaired) electrons. The predicted octanol–water partition coefficient (Wildman–Crippen LogP) is 12.6. The van der Waals surface area contributed by atoms with Crippen LogP contribution in [-0.4, -0.2) is 0 Å². The average molecular weight is 604 g/mol. The third kappa shape index (κ3) is 4.02. The lowest BCUT2D eigenvalue weighted by atomic mass is 9.81. The highest BCUT2D eigenvalue weighted by atomic mass is 15.1. The first-order chi connectivity index (χ1) is 22.8. The van der Waals surface area contributed by atoms with E-state index in [4.69, 9.17) is 0 Å². The van der Waals surface area contributed by atoms with E-state index in [0.29, 0.717) is 0 Å². The van der Waals surface area contributed by atoms with Gasteiger partial charge < -0.3 is 4.90 Å². The van der Waals surface area contributed by atoms with Crippen molar-refractivity contribution in [2.45, 2.75) is 38.5 Å². The van der Waals surface area contributed by atoms with Gasteiger partial charge in [0.15, 0.2) is 0 Å². The molecule has 9 rings (SSSR count). The molecular formula is C46H37N. The summed E-state index contributed by atoms with van der Waals surface area (Å²) in [6.45, 7) is 9.43. The van der Waals surface area contributed by atoms with Crippen LogP contribution in [0.1, 0.15) is 49.9 Å². The third-order valence-electron chi connectivity index (χ3n) is 10.8. The molecule has 0 aliphatic heterocycles. The molecule has 0 aromatic heterocycles. The van der Waals surface area contributed by atoms with Crippen LogP contribution in [0.2, 0.25) is 0 Å². The maximum atomic E-state index is 2.49. The summed E-state index contributed by atoms with van der Waals surface area (Å²) in [6.07, 6.45) is 0. The Morgan fingerprint density at radius 3 is 1.74 bits per heavy atom. The van der Waals surface area contributed by atoms with Crippen LogP contribution < -0.4 is 4.90 Å². The highest BCUT2D eigenvalue weighted by Gasteiger charge is 2.39. The molecule has 47 heavy (non-hydrogen) atoms. The van der Waals surface area contributed by atoms with Crippen LogP contribution in [0.4, 0.5) is 17.1 Å². The first-order valence-electron chi connectivity index (χ1n) is 16.7. The SMILES string of the molecule is CC1(C)c2ccccc2-c2cc(-c3ccc(N(c4cccc5c4C(C)(C)c4ccccc4-5)c4cccc5ccccc45)cc3)ccc21. The van der Waals surface area contributed by atoms with Gasteiger partial charge in [-0.15, -0.1) is 0 Å². The number of nitrogens with zero attached hydrogens (tertiary/aromatic N) is 1. The number of hydrogen-bond acceptors (Lipinski definition) is 1. The summed E-state index contributed by atoms with van der Waals surface area (Å²) in [5, 5.41) is 2.48. The topological polar surface area (TPSA) is 3.24 Å². The zero-order valence-electron chi connectivity index (χ0n) is 27.4. The van der Waals surface area contributed by atoms with Gasteiger partial charge in [0, 0.05) is 21.9 Å². The van der Waals surface area contributed by atoms with Gasteiger partial charge in [-0.3, -0.25) is 0 Å². The van der Waals surface area contributed by atoms with E-state index < -0.39 is 0 Å². The second kappa shape index (κ2) is 10.0. The zero-order valence-corrected chi connectivity index (χ0v) is 27.4. The molecule has 0 saturated heterocycles. The molecule has 7 aromatic rings. The van der Waals surface area contributed by atoms with Crippen LogP contribution >= 0.6 is 0 Å². The van der Waals surface area contributed by atoms with Gasteiger partial charge in [-0.2, -0.15) is 0 Å². The molecular weight excluding hydrogens is 567 g/mol. The number of hydrogen-bond donors (Lipinski definition) is 0. The Labute approximate surface area is 277 Å². The summed E-state index contributed by atoms with van der Waals surface area (Å²) in [5.41, 5.74) is 16.9. The van der Waals surface area contributed by atoms with E-state index in [2.05, 4.69) is 184 Å². The van der Waals surface area contributed by atoms with Crippen LogP contribution in [-0.2, 0) is 10.8 Å². The Hall–Kier alpha value is -5.40. The monoisotopic (exact) mass is 603 g/mol. The van der Waals surface area contributed by atoms with E-state index >= 15 is 0 Å². The minimum atomic E-state index is -0.139. The van der Waals surface area contributed by atoms with Crippen LogP contribution in [0, 0.1) is 0 Å². The fraction of sp³-hybridized carbons (Fsp3) is 0.130. The standard InChI is InChI=1S/C46H37N/c1-45(2)39-19-9-8-17-36(39)38-29-32(25-28-41(38)45)30-23-26-33(27-24-30)47(42-21-11-14-31-13-5-6-15-34(31)42)43-22-12-18-37-35-16-7-10-20-40(35)46(3,4)44(37)43/h5-29H,1-4H3. The molecule has 2 aliphatic carbocycles. The lowest BCUT2D eigenvalue weighted by Gasteiger charge is -2.33. The fourth-order valence-electron chi connectivity index (χ4n) is 8.52. The van der Waals surface area contributed by atoms with E-state index in [0.717, 1.165) is 5.69 Å². The first-order valence-corrected chi connectivity index (χ1v) is 16.7. The molecule has 0 unspecified atom stereocenters. The van der Waals surface area contributed by atoms with Crippen LogP contribution in [0.3, 0.4) is 0 Å². The number of fused-ring (bicyclic) bond motifs is 7. The van der Waals surface area contributed by atoms with Gasteiger partial charge in [-0.25, -0.2) is 0 Å². The lowest BCUT2D eigenvalue weighted by Crippen LogP contribution is -2.20. The van der Waals surface area contributed by atoms with Crippen LogP contribution in [0.5, 0.6) is 0 Å². The molecule has 0 atom stereocenters. The van der Waals surface area contributed by atoms with Gasteiger partial charge in [-0.05, 0) is 91.4 Å². The van der Waals surface area contributed by atoms with Crippen molar-refractivity contribution in [2.24, 2.45) is 0 Å². The quantitative estimate of drug-likeness (QED) is 0.193. The Bertz CT molecular complexity index is 2350. The molecule has 0 spiro atoms. The largest absolute Gasteiger partial charge is 0.310 e. The van der Waals surface area contributed by atoms with Crippen molar-refractivity contribution in [1.82, 2.24) is 0 Å². The Morgan fingerprint density at radius 1 is 0.404 bits per heavy atom. The summed E-state index contributed by atoms with van der Waals surface area (Å²) >= 11 is 0. The highest BCUT2D eigenvalue weighted by molar-refractivity contribution is 6.01. The Morgan fingerprint density at radius 2 is 0.957 bits per heavy atom. The zero-order chi connectivity index (χ0) is 31.9. The summed E-state index contributed by atoms with van der Waals surface area (Å²) in [6, 6.07) is 56.2. The fourth-order valence-corrected chi connectivity index (χ4v) is 8.52. The van der Waals surface area contributed by atoms with Crippen molar-refractivity contribution < 1.29 is 0 Å². The summed E-state index contributed by atoms with van der Waals surface area (Å²) in [5.74, 6) is 0. The predicted molar refractivity (Wildman–Crippen MR) is 199 cm³/mol. The van der Waals surface area contributed by atoms with Gasteiger partial charge in [0.05, 0.1) is 11.4 Å². The molecule has 0 N–H and O–H groups in total. The van der Waals surface area contributed by atoms with Crippen molar-refractivity contribution in [3.8, 4) is 33.4 Å². The van der Waals surface area contributed by atoms with E-state index in [1.54, 1.807) is 0 Å². The molecule has 0 bridgehead atoms. The van der Waals surface area contributed by atoms with Crippen LogP contribution in [0.25, 0.3) is 44.2 Å². The molecule has 2 aliphatic rings. The van der Waals surface area contributed by atoms with E-state index in [1.807, 2.05) is 0 Å². The number of benzene rings is 7. The number of rotatable bonds is 4. The number of anilines is 3. The molecule has 1 nitrogen and oxygen atoms in total. The third-order valence-corrected chi connectivity index (χ3v) is 10.8. The van der Waals surface area contributed by atoms with Crippen LogP contribution in [0.15, 0.2) is 152 Å². The van der Waals surface area contributed by atoms with Crippen molar-refractivity contribution in [3.05, 3.63) is 174 Å². The smallest absolute Gasteiger partial charge is 0.0540 e. The van der Waals surface area contributed by atoms with E-state index in [-0.39, 0.29) is 10.8 Å². The summed E-state index contributed by atoms with van der Waals surface area (Å²) < 4.78 is 0. The maximum absolute atomic E-state index is 2.49. The summed E-state index contributed by atoms with van der Waals surface area (Å²) in [7, 11) is 0. The lowest BCUT2D eigenvalue weighted by molar-refractivity contribution is 0.660. The van der Waals surface area contributed by atoms with E-state index in [1.165, 1.54) is 77.8 Å². The maximum Gasteiger partial charge on any atom is 0.0540 e. The van der Waals surface area contributed by atoms with Gasteiger partial charge in [0.1, 0.15) is 0 Å². The van der Waals surface area contributed by atoms with Gasteiger partial charge >= 0.3 is 0 Å². The van der Waals surface area contributed by atoms with Crippen molar-refractivity contribution in [3.63, 3.8) is 0 Å². The Balaban J connectivity index is 1.21. The van der Waals surface area contributed by atoms with Gasteiger partial charge in [0.25, 0.3) is 0 Å². The molecule has 0 fully saturated rings. The minimum Gasteiger partial charge on any atom is -0.310 e.